The molecule has 1 saturated heterocycles. The summed E-state index contributed by atoms with van der Waals surface area (Å²) in [6.07, 6.45) is 4.30. The van der Waals surface area contributed by atoms with E-state index in [0.29, 0.717) is 31.9 Å². The molecule has 0 spiro atoms. The maximum atomic E-state index is 13.4. The van der Waals surface area contributed by atoms with Crippen LogP contribution in [0.2, 0.25) is 0 Å². The van der Waals surface area contributed by atoms with E-state index in [1.807, 2.05) is 75.1 Å². The van der Waals surface area contributed by atoms with Crippen LogP contribution in [0.1, 0.15) is 36.2 Å². The zero-order valence-electron chi connectivity index (χ0n) is 19.5. The number of carbonyl (C=O) groups excluding carboxylic acids is 2. The molecule has 5 rings (SSSR count). The van der Waals surface area contributed by atoms with Crippen molar-refractivity contribution in [3.63, 3.8) is 0 Å². The van der Waals surface area contributed by atoms with Crippen LogP contribution in [0.15, 0.2) is 60.7 Å². The van der Waals surface area contributed by atoms with E-state index in [4.69, 9.17) is 9.84 Å². The zero-order chi connectivity index (χ0) is 23.5. The Balaban J connectivity index is 1.36. The van der Waals surface area contributed by atoms with E-state index in [-0.39, 0.29) is 17.7 Å². The molecule has 2 amide bonds. The van der Waals surface area contributed by atoms with E-state index in [9.17, 15) is 9.59 Å². The van der Waals surface area contributed by atoms with Crippen molar-refractivity contribution in [3.05, 3.63) is 66.4 Å². The second kappa shape index (κ2) is 9.71. The van der Waals surface area contributed by atoms with Crippen LogP contribution in [0.5, 0.6) is 5.75 Å². The number of methoxy groups -OCH3 is 1. The van der Waals surface area contributed by atoms with Gasteiger partial charge < -0.3 is 14.5 Å². The van der Waals surface area contributed by atoms with Crippen LogP contribution in [0.25, 0.3) is 16.9 Å². The Morgan fingerprint density at radius 1 is 0.882 bits per heavy atom. The first-order valence-electron chi connectivity index (χ1n) is 12.0. The summed E-state index contributed by atoms with van der Waals surface area (Å²) >= 11 is 0. The monoisotopic (exact) mass is 458 g/mol. The summed E-state index contributed by atoms with van der Waals surface area (Å²) in [6, 6.07) is 19.4. The standard InChI is InChI=1S/C27H30N4O3/c1-34-23-13-11-20(12-14-23)25-19-24(28-31(25)22-9-3-2-4-10-22)27(33)30-17-15-29(16-18-30)26(32)21-7-5-6-8-21/h2-4,9-14,19,21H,5-8,15-18H2,1H3. The van der Waals surface area contributed by atoms with Crippen molar-refractivity contribution in [1.29, 1.82) is 0 Å². The summed E-state index contributed by atoms with van der Waals surface area (Å²) < 4.78 is 7.10. The van der Waals surface area contributed by atoms with Crippen LogP contribution >= 0.6 is 0 Å². The lowest BCUT2D eigenvalue weighted by molar-refractivity contribution is -0.136. The molecular formula is C27H30N4O3. The van der Waals surface area contributed by atoms with Gasteiger partial charge in [0.25, 0.3) is 5.91 Å². The molecule has 7 heteroatoms. The van der Waals surface area contributed by atoms with Crippen molar-refractivity contribution >= 4 is 11.8 Å². The molecule has 0 radical (unpaired) electrons. The van der Waals surface area contributed by atoms with Crippen molar-refractivity contribution in [2.45, 2.75) is 25.7 Å². The lowest BCUT2D eigenvalue weighted by atomic mass is 10.1. The molecule has 1 aromatic heterocycles. The number of amides is 2. The summed E-state index contributed by atoms with van der Waals surface area (Å²) in [5.74, 6) is 1.11. The van der Waals surface area contributed by atoms with Gasteiger partial charge in [-0.05, 0) is 55.3 Å². The second-order valence-corrected chi connectivity index (χ2v) is 8.99. The van der Waals surface area contributed by atoms with E-state index in [1.165, 1.54) is 0 Å². The molecule has 3 aromatic rings. The highest BCUT2D eigenvalue weighted by Gasteiger charge is 2.31. The normalized spacial score (nSPS) is 16.6. The number of benzene rings is 2. The summed E-state index contributed by atoms with van der Waals surface area (Å²) in [6.45, 7) is 2.25. The van der Waals surface area contributed by atoms with Gasteiger partial charge in [0.15, 0.2) is 5.69 Å². The predicted octanol–water partition coefficient (Wildman–Crippen LogP) is 4.02. The van der Waals surface area contributed by atoms with E-state index in [2.05, 4.69) is 0 Å². The van der Waals surface area contributed by atoms with Gasteiger partial charge in [-0.25, -0.2) is 4.68 Å². The molecule has 1 aliphatic heterocycles. The third-order valence-electron chi connectivity index (χ3n) is 6.90. The molecule has 2 aliphatic rings. The van der Waals surface area contributed by atoms with Gasteiger partial charge in [-0.2, -0.15) is 5.10 Å². The quantitative estimate of drug-likeness (QED) is 0.579. The Morgan fingerprint density at radius 2 is 1.53 bits per heavy atom. The fraction of sp³-hybridized carbons (Fsp3) is 0.370. The van der Waals surface area contributed by atoms with Gasteiger partial charge in [-0.15, -0.1) is 0 Å². The highest BCUT2D eigenvalue weighted by molar-refractivity contribution is 5.94. The lowest BCUT2D eigenvalue weighted by Gasteiger charge is -2.35. The first-order chi connectivity index (χ1) is 16.6. The Hall–Kier alpha value is -3.61. The molecule has 1 saturated carbocycles. The van der Waals surface area contributed by atoms with Crippen LogP contribution in [-0.2, 0) is 4.79 Å². The zero-order valence-corrected chi connectivity index (χ0v) is 19.5. The number of hydrogen-bond donors (Lipinski definition) is 0. The van der Waals surface area contributed by atoms with Gasteiger partial charge in [-0.1, -0.05) is 31.0 Å². The number of hydrogen-bond acceptors (Lipinski definition) is 4. The minimum absolute atomic E-state index is 0.0996. The molecule has 2 fully saturated rings. The Kier molecular flexibility index (Phi) is 6.34. The Labute approximate surface area is 199 Å². The van der Waals surface area contributed by atoms with Crippen LogP contribution in [-0.4, -0.2) is 64.7 Å². The molecule has 0 N–H and O–H groups in total. The molecule has 0 bridgehead atoms. The highest BCUT2D eigenvalue weighted by atomic mass is 16.5. The van der Waals surface area contributed by atoms with Gasteiger partial charge >= 0.3 is 0 Å². The SMILES string of the molecule is COc1ccc(-c2cc(C(=O)N3CCN(C(=O)C4CCCC4)CC3)nn2-c2ccccc2)cc1. The molecule has 7 nitrogen and oxygen atoms in total. The van der Waals surface area contributed by atoms with Crippen molar-refractivity contribution in [2.75, 3.05) is 33.3 Å². The van der Waals surface area contributed by atoms with Gasteiger partial charge in [0.1, 0.15) is 5.75 Å². The number of nitrogens with zero attached hydrogens (tertiary/aromatic N) is 4. The van der Waals surface area contributed by atoms with Gasteiger partial charge in [0, 0.05) is 37.7 Å². The fourth-order valence-corrected chi connectivity index (χ4v) is 4.94. The minimum atomic E-state index is -0.0996. The lowest BCUT2D eigenvalue weighted by Crippen LogP contribution is -2.51. The summed E-state index contributed by atoms with van der Waals surface area (Å²) in [7, 11) is 1.64. The van der Waals surface area contributed by atoms with Gasteiger partial charge in [-0.3, -0.25) is 9.59 Å². The maximum Gasteiger partial charge on any atom is 0.274 e. The molecule has 2 heterocycles. The largest absolute Gasteiger partial charge is 0.497 e. The average Bonchev–Trinajstić information content (AvgIpc) is 3.59. The van der Waals surface area contributed by atoms with Crippen LogP contribution in [0.4, 0.5) is 0 Å². The van der Waals surface area contributed by atoms with Crippen LogP contribution in [0.3, 0.4) is 0 Å². The number of ether oxygens (including phenoxy) is 1. The van der Waals surface area contributed by atoms with E-state index < -0.39 is 0 Å². The number of rotatable bonds is 5. The Bertz CT molecular complexity index is 1140. The average molecular weight is 459 g/mol. The number of carbonyl (C=O) groups is 2. The van der Waals surface area contributed by atoms with E-state index in [1.54, 1.807) is 7.11 Å². The molecule has 1 aliphatic carbocycles. The molecule has 2 aromatic carbocycles. The van der Waals surface area contributed by atoms with Crippen molar-refractivity contribution in [3.8, 4) is 22.7 Å². The van der Waals surface area contributed by atoms with Crippen LogP contribution < -0.4 is 4.74 Å². The van der Waals surface area contributed by atoms with E-state index in [0.717, 1.165) is 48.4 Å². The molecule has 0 unspecified atom stereocenters. The smallest absolute Gasteiger partial charge is 0.274 e. The van der Waals surface area contributed by atoms with Crippen molar-refractivity contribution < 1.29 is 14.3 Å². The summed E-state index contributed by atoms with van der Waals surface area (Å²) in [5.41, 5.74) is 3.08. The number of aromatic nitrogens is 2. The van der Waals surface area contributed by atoms with Gasteiger partial charge in [0.2, 0.25) is 5.91 Å². The third kappa shape index (κ3) is 4.42. The maximum absolute atomic E-state index is 13.4. The minimum Gasteiger partial charge on any atom is -0.497 e. The van der Waals surface area contributed by atoms with Gasteiger partial charge in [0.05, 0.1) is 18.5 Å². The molecule has 176 valence electrons. The third-order valence-corrected chi connectivity index (χ3v) is 6.90. The van der Waals surface area contributed by atoms with Crippen molar-refractivity contribution in [2.24, 2.45) is 5.92 Å². The highest BCUT2D eigenvalue weighted by Crippen LogP contribution is 2.28. The first kappa shape index (κ1) is 22.2. The van der Waals surface area contributed by atoms with Crippen LogP contribution in [0, 0.1) is 5.92 Å². The summed E-state index contributed by atoms with van der Waals surface area (Å²) in [4.78, 5) is 29.9. The fourth-order valence-electron chi connectivity index (χ4n) is 4.94. The summed E-state index contributed by atoms with van der Waals surface area (Å²) in [5, 5.41) is 4.71. The van der Waals surface area contributed by atoms with Crippen molar-refractivity contribution in [1.82, 2.24) is 19.6 Å². The Morgan fingerprint density at radius 3 is 2.18 bits per heavy atom. The molecular weight excluding hydrogens is 428 g/mol. The second-order valence-electron chi connectivity index (χ2n) is 8.99. The topological polar surface area (TPSA) is 67.7 Å². The first-order valence-corrected chi connectivity index (χ1v) is 12.0. The molecule has 0 atom stereocenters. The molecule has 34 heavy (non-hydrogen) atoms. The number of para-hydroxylation sites is 1. The number of piperazine rings is 1. The predicted molar refractivity (Wildman–Crippen MR) is 130 cm³/mol. The van der Waals surface area contributed by atoms with E-state index >= 15 is 0 Å².